The lowest BCUT2D eigenvalue weighted by atomic mass is 9.99. The molecule has 0 aliphatic heterocycles. The van der Waals surface area contributed by atoms with Gasteiger partial charge in [0.2, 0.25) is 0 Å². The molecule has 6 atom stereocenters. The Kier molecular flexibility index (Phi) is 63.7. The van der Waals surface area contributed by atoms with Crippen LogP contribution in [0.5, 0.6) is 0 Å². The minimum absolute atomic E-state index is 0.103. The Hall–Kier alpha value is -1.94. The summed E-state index contributed by atoms with van der Waals surface area (Å²) in [6.45, 7) is 9.53. The summed E-state index contributed by atoms with van der Waals surface area (Å²) in [6.07, 6.45) is 51.6. The second kappa shape index (κ2) is 65.0. The first-order valence-corrected chi connectivity index (χ1v) is 41.0. The first-order chi connectivity index (χ1) is 44.4. The summed E-state index contributed by atoms with van der Waals surface area (Å²) >= 11 is 0. The van der Waals surface area contributed by atoms with Gasteiger partial charge in [-0.2, -0.15) is 0 Å². The number of carbonyl (C=O) groups is 4. The maximum Gasteiger partial charge on any atom is 0.472 e. The van der Waals surface area contributed by atoms with Gasteiger partial charge in [-0.3, -0.25) is 37.3 Å². The first kappa shape index (κ1) is 90.1. The Labute approximate surface area is 562 Å². The van der Waals surface area contributed by atoms with E-state index in [0.717, 1.165) is 109 Å². The topological polar surface area (TPSA) is 237 Å². The molecular weight excluding hydrogens is 1210 g/mol. The highest BCUT2D eigenvalue weighted by molar-refractivity contribution is 7.47. The van der Waals surface area contributed by atoms with Crippen LogP contribution in [0.25, 0.3) is 0 Å². The van der Waals surface area contributed by atoms with E-state index in [2.05, 4.69) is 41.5 Å². The van der Waals surface area contributed by atoms with Crippen LogP contribution in [0.2, 0.25) is 0 Å². The summed E-state index contributed by atoms with van der Waals surface area (Å²) < 4.78 is 68.2. The van der Waals surface area contributed by atoms with E-state index in [1.807, 2.05) is 0 Å². The number of esters is 4. The number of phosphoric acid groups is 2. The molecule has 0 radical (unpaired) electrons. The van der Waals surface area contributed by atoms with E-state index in [9.17, 15) is 43.2 Å². The molecule has 0 aromatic rings. The zero-order valence-electron chi connectivity index (χ0n) is 59.9. The lowest BCUT2D eigenvalue weighted by molar-refractivity contribution is -0.161. The molecule has 92 heavy (non-hydrogen) atoms. The van der Waals surface area contributed by atoms with Crippen LogP contribution in [0.15, 0.2) is 0 Å². The summed E-state index contributed by atoms with van der Waals surface area (Å²) in [5, 5.41) is 10.6. The predicted octanol–water partition coefficient (Wildman–Crippen LogP) is 21.2. The number of hydrogen-bond acceptors (Lipinski definition) is 15. The van der Waals surface area contributed by atoms with Crippen molar-refractivity contribution in [1.29, 1.82) is 0 Å². The van der Waals surface area contributed by atoms with Crippen molar-refractivity contribution in [2.45, 2.75) is 394 Å². The predicted molar refractivity (Wildman–Crippen MR) is 372 cm³/mol. The van der Waals surface area contributed by atoms with E-state index in [0.29, 0.717) is 31.6 Å². The zero-order valence-corrected chi connectivity index (χ0v) is 61.6. The van der Waals surface area contributed by atoms with Gasteiger partial charge in [-0.25, -0.2) is 9.13 Å². The average molecular weight is 1350 g/mol. The van der Waals surface area contributed by atoms with Crippen LogP contribution in [0.1, 0.15) is 375 Å². The molecule has 3 N–H and O–H groups in total. The highest BCUT2D eigenvalue weighted by Crippen LogP contribution is 2.45. The van der Waals surface area contributed by atoms with Crippen molar-refractivity contribution in [3.05, 3.63) is 0 Å². The number of rotatable bonds is 72. The van der Waals surface area contributed by atoms with Crippen molar-refractivity contribution >= 4 is 39.5 Å². The van der Waals surface area contributed by atoms with E-state index in [1.54, 1.807) is 0 Å². The lowest BCUT2D eigenvalue weighted by Gasteiger charge is -2.21. The van der Waals surface area contributed by atoms with Gasteiger partial charge in [0.1, 0.15) is 19.3 Å². The smallest absolute Gasteiger partial charge is 0.462 e. The summed E-state index contributed by atoms with van der Waals surface area (Å²) in [5.74, 6) is -0.560. The third-order valence-corrected chi connectivity index (χ3v) is 19.2. The van der Waals surface area contributed by atoms with E-state index in [-0.39, 0.29) is 25.7 Å². The fraction of sp³-hybridized carbons (Fsp3) is 0.945. The molecule has 0 bridgehead atoms. The highest BCUT2D eigenvalue weighted by Gasteiger charge is 2.30. The van der Waals surface area contributed by atoms with Gasteiger partial charge in [0.15, 0.2) is 12.2 Å². The monoisotopic (exact) mass is 1350 g/mol. The fourth-order valence-corrected chi connectivity index (χ4v) is 12.7. The summed E-state index contributed by atoms with van der Waals surface area (Å²) in [4.78, 5) is 72.4. The van der Waals surface area contributed by atoms with E-state index in [4.69, 9.17) is 37.0 Å². The van der Waals surface area contributed by atoms with Gasteiger partial charge in [0, 0.05) is 25.7 Å². The number of phosphoric ester groups is 2. The normalized spacial score (nSPS) is 14.4. The van der Waals surface area contributed by atoms with Gasteiger partial charge in [-0.15, -0.1) is 0 Å². The zero-order chi connectivity index (χ0) is 67.9. The van der Waals surface area contributed by atoms with Crippen LogP contribution >= 0.6 is 15.6 Å². The molecule has 3 unspecified atom stereocenters. The highest BCUT2D eigenvalue weighted by atomic mass is 31.2. The van der Waals surface area contributed by atoms with Crippen LogP contribution in [-0.2, 0) is 65.4 Å². The van der Waals surface area contributed by atoms with Gasteiger partial charge >= 0.3 is 39.5 Å². The van der Waals surface area contributed by atoms with Crippen LogP contribution in [0.4, 0.5) is 0 Å². The number of unbranched alkanes of at least 4 members (excludes halogenated alkanes) is 41. The molecular formula is C73H142O17P2. The number of hydrogen-bond donors (Lipinski definition) is 3. The summed E-state index contributed by atoms with van der Waals surface area (Å²) in [7, 11) is -9.90. The third-order valence-electron chi connectivity index (χ3n) is 17.3. The molecule has 0 fully saturated rings. The molecule has 0 saturated heterocycles. The van der Waals surface area contributed by atoms with Crippen molar-refractivity contribution in [2.75, 3.05) is 39.6 Å². The standard InChI is InChI=1S/C73H142O17P2/c1-7-10-12-14-16-17-18-25-29-32-38-44-50-56-71(76)84-62-69(89-72(77)57-51-45-39-33-30-27-24-22-20-19-21-23-26-28-31-37-42-48-54-66(6)9-3)64-88-92(81,82)86-60-67(74)59-85-91(79,80)87-63-68(61-83-70(75)55-49-43-35-15-13-11-8-2)90-73(78)58-52-46-40-34-36-41-47-53-65(4)5/h65-69,74H,7-64H2,1-6H3,(H,79,80)(H,81,82)/t66?,67-,68+,69+/m0/s1. The molecule has 0 aliphatic rings. The lowest BCUT2D eigenvalue weighted by Crippen LogP contribution is -2.30. The Balaban J connectivity index is 5.13. The molecule has 0 aromatic carbocycles. The largest absolute Gasteiger partial charge is 0.472 e. The fourth-order valence-electron chi connectivity index (χ4n) is 11.1. The average Bonchev–Trinajstić information content (AvgIpc) is 1.80. The number of aliphatic hydroxyl groups is 1. The molecule has 0 heterocycles. The molecule has 0 amide bonds. The van der Waals surface area contributed by atoms with Crippen LogP contribution in [0.3, 0.4) is 0 Å². The maximum absolute atomic E-state index is 13.1. The van der Waals surface area contributed by atoms with Crippen molar-refractivity contribution in [2.24, 2.45) is 11.8 Å². The SMILES string of the molecule is CCCCCCCCCCCCCCCC(=O)OC[C@H](COP(=O)(O)OC[C@@H](O)COP(=O)(O)OC[C@@H](COC(=O)CCCCCCCCC)OC(=O)CCCCCCCCCC(C)C)OC(=O)CCCCCCCCCCCCCCCCCCCCC(C)CC. The van der Waals surface area contributed by atoms with E-state index >= 15 is 0 Å². The second-order valence-electron chi connectivity index (χ2n) is 27.1. The van der Waals surface area contributed by atoms with Gasteiger partial charge in [-0.05, 0) is 37.5 Å². The van der Waals surface area contributed by atoms with Gasteiger partial charge in [0.05, 0.1) is 26.4 Å². The maximum atomic E-state index is 13.1. The van der Waals surface area contributed by atoms with Crippen LogP contribution in [0, 0.1) is 11.8 Å². The molecule has 19 heteroatoms. The molecule has 17 nitrogen and oxygen atoms in total. The van der Waals surface area contributed by atoms with Gasteiger partial charge in [0.25, 0.3) is 0 Å². The van der Waals surface area contributed by atoms with Gasteiger partial charge in [-0.1, -0.05) is 324 Å². The van der Waals surface area contributed by atoms with E-state index < -0.39 is 97.5 Å². The molecule has 0 spiro atoms. The van der Waals surface area contributed by atoms with Crippen molar-refractivity contribution < 1.29 is 80.2 Å². The Morgan fingerprint density at radius 3 is 0.826 bits per heavy atom. The van der Waals surface area contributed by atoms with Crippen molar-refractivity contribution in [3.63, 3.8) is 0 Å². The number of carbonyl (C=O) groups excluding carboxylic acids is 4. The molecule has 0 saturated carbocycles. The quantitative estimate of drug-likeness (QED) is 0.0222. The minimum Gasteiger partial charge on any atom is -0.462 e. The Bertz CT molecular complexity index is 1790. The number of aliphatic hydroxyl groups excluding tert-OH is 1. The second-order valence-corrected chi connectivity index (χ2v) is 30.0. The third kappa shape index (κ3) is 65.4. The number of ether oxygens (including phenoxy) is 4. The minimum atomic E-state index is -4.95. The van der Waals surface area contributed by atoms with Gasteiger partial charge < -0.3 is 33.8 Å². The summed E-state index contributed by atoms with van der Waals surface area (Å²) in [6, 6.07) is 0. The van der Waals surface area contributed by atoms with Crippen molar-refractivity contribution in [3.8, 4) is 0 Å². The van der Waals surface area contributed by atoms with Crippen molar-refractivity contribution in [1.82, 2.24) is 0 Å². The van der Waals surface area contributed by atoms with E-state index in [1.165, 1.54) is 180 Å². The Morgan fingerprint density at radius 2 is 0.554 bits per heavy atom. The molecule has 0 aromatic heterocycles. The summed E-state index contributed by atoms with van der Waals surface area (Å²) in [5.41, 5.74) is 0. The van der Waals surface area contributed by atoms with Crippen LogP contribution in [-0.4, -0.2) is 96.7 Å². The Morgan fingerprint density at radius 1 is 0.315 bits per heavy atom. The molecule has 0 aliphatic carbocycles. The molecule has 0 rings (SSSR count). The van der Waals surface area contributed by atoms with Crippen LogP contribution < -0.4 is 0 Å². The molecule has 546 valence electrons. The first-order valence-electron chi connectivity index (χ1n) is 38.0.